The first-order valence-electron chi connectivity index (χ1n) is 5.68. The highest BCUT2D eigenvalue weighted by Crippen LogP contribution is 2.28. The lowest BCUT2D eigenvalue weighted by molar-refractivity contribution is -0.234. The van der Waals surface area contributed by atoms with Crippen molar-refractivity contribution in [3.63, 3.8) is 0 Å². The molecule has 4 nitrogen and oxygen atoms in total. The molecule has 0 N–H and O–H groups in total. The molecule has 0 bridgehead atoms. The standard InChI is InChI=1S/C13H15O4/c1-15-12-9-5-4-8-11(12)13(14)17-16-10-6-2-3-7-10/h4-5,8-9H,2-3,6-7H2,1H3. The zero-order chi connectivity index (χ0) is 12.1. The Morgan fingerprint density at radius 2 is 1.88 bits per heavy atom. The second-order valence-electron chi connectivity index (χ2n) is 3.90. The summed E-state index contributed by atoms with van der Waals surface area (Å²) in [5.41, 5.74) is 0.369. The van der Waals surface area contributed by atoms with Crippen molar-refractivity contribution in [2.45, 2.75) is 25.7 Å². The van der Waals surface area contributed by atoms with Crippen LogP contribution < -0.4 is 4.74 Å². The Morgan fingerprint density at radius 1 is 1.18 bits per heavy atom. The van der Waals surface area contributed by atoms with Crippen LogP contribution in [0.1, 0.15) is 36.0 Å². The SMILES string of the molecule is COc1ccccc1C(=O)OO[C]1CCCC1. The molecule has 1 aromatic carbocycles. The van der Waals surface area contributed by atoms with E-state index in [1.54, 1.807) is 24.3 Å². The van der Waals surface area contributed by atoms with Gasteiger partial charge in [0.25, 0.3) is 0 Å². The fourth-order valence-corrected chi connectivity index (χ4v) is 1.81. The molecule has 0 aliphatic heterocycles. The maximum Gasteiger partial charge on any atom is 0.376 e. The highest BCUT2D eigenvalue weighted by atomic mass is 17.2. The summed E-state index contributed by atoms with van der Waals surface area (Å²) in [7, 11) is 1.51. The summed E-state index contributed by atoms with van der Waals surface area (Å²) in [6.45, 7) is 0. The van der Waals surface area contributed by atoms with Gasteiger partial charge >= 0.3 is 5.97 Å². The molecule has 17 heavy (non-hydrogen) atoms. The minimum absolute atomic E-state index is 0.369. The second kappa shape index (κ2) is 5.68. The molecule has 4 heteroatoms. The van der Waals surface area contributed by atoms with Gasteiger partial charge in [0.15, 0.2) is 0 Å². The number of benzene rings is 1. The summed E-state index contributed by atoms with van der Waals surface area (Å²) in [5, 5.41) is 0. The Bertz CT molecular complexity index is 383. The largest absolute Gasteiger partial charge is 0.496 e. The number of hydrogen-bond acceptors (Lipinski definition) is 4. The number of para-hydroxylation sites is 1. The fraction of sp³-hybridized carbons (Fsp3) is 0.385. The van der Waals surface area contributed by atoms with E-state index in [-0.39, 0.29) is 0 Å². The van der Waals surface area contributed by atoms with Gasteiger partial charge in [-0.2, -0.15) is 4.89 Å². The van der Waals surface area contributed by atoms with Crippen LogP contribution in [0.4, 0.5) is 0 Å². The van der Waals surface area contributed by atoms with E-state index in [9.17, 15) is 4.79 Å². The lowest BCUT2D eigenvalue weighted by atomic mass is 10.2. The Balaban J connectivity index is 1.94. The van der Waals surface area contributed by atoms with E-state index in [1.807, 2.05) is 0 Å². The van der Waals surface area contributed by atoms with Crippen molar-refractivity contribution in [1.29, 1.82) is 0 Å². The predicted octanol–water partition coefficient (Wildman–Crippen LogP) is 2.89. The molecule has 1 radical (unpaired) electrons. The summed E-state index contributed by atoms with van der Waals surface area (Å²) in [6, 6.07) is 6.90. The van der Waals surface area contributed by atoms with Crippen LogP contribution in [0.25, 0.3) is 0 Å². The van der Waals surface area contributed by atoms with Gasteiger partial charge in [0.1, 0.15) is 17.4 Å². The van der Waals surface area contributed by atoms with Crippen molar-refractivity contribution >= 4 is 5.97 Å². The van der Waals surface area contributed by atoms with Crippen LogP contribution in [0.15, 0.2) is 24.3 Å². The number of carbonyl (C=O) groups is 1. The van der Waals surface area contributed by atoms with Gasteiger partial charge in [0, 0.05) is 0 Å². The zero-order valence-electron chi connectivity index (χ0n) is 9.77. The average Bonchev–Trinajstić information content (AvgIpc) is 2.89. The lowest BCUT2D eigenvalue weighted by Gasteiger charge is -2.09. The van der Waals surface area contributed by atoms with Gasteiger partial charge in [0.2, 0.25) is 0 Å². The van der Waals surface area contributed by atoms with Crippen LogP contribution >= 0.6 is 0 Å². The van der Waals surface area contributed by atoms with Crippen LogP contribution in [0.3, 0.4) is 0 Å². The molecule has 1 saturated carbocycles. The van der Waals surface area contributed by atoms with Gasteiger partial charge in [-0.15, -0.1) is 0 Å². The van der Waals surface area contributed by atoms with Gasteiger partial charge in [-0.1, -0.05) is 25.0 Å². The highest BCUT2D eigenvalue weighted by molar-refractivity contribution is 5.92. The van der Waals surface area contributed by atoms with Crippen molar-refractivity contribution < 1.29 is 19.3 Å². The van der Waals surface area contributed by atoms with Crippen LogP contribution in [0.2, 0.25) is 0 Å². The molecule has 0 saturated heterocycles. The van der Waals surface area contributed by atoms with Crippen molar-refractivity contribution in [3.8, 4) is 5.75 Å². The van der Waals surface area contributed by atoms with E-state index < -0.39 is 5.97 Å². The lowest BCUT2D eigenvalue weighted by Crippen LogP contribution is -2.09. The third kappa shape index (κ3) is 2.97. The molecule has 1 fully saturated rings. The molecule has 0 unspecified atom stereocenters. The molecule has 0 aromatic heterocycles. The number of ether oxygens (including phenoxy) is 1. The topological polar surface area (TPSA) is 44.8 Å². The molecule has 0 amide bonds. The quantitative estimate of drug-likeness (QED) is 0.594. The average molecular weight is 235 g/mol. The fourth-order valence-electron chi connectivity index (χ4n) is 1.81. The van der Waals surface area contributed by atoms with Crippen LogP contribution in [0, 0.1) is 6.10 Å². The first-order chi connectivity index (χ1) is 8.31. The third-order valence-corrected chi connectivity index (χ3v) is 2.72. The van der Waals surface area contributed by atoms with E-state index in [1.165, 1.54) is 7.11 Å². The molecule has 1 aliphatic carbocycles. The van der Waals surface area contributed by atoms with Crippen molar-refractivity contribution in [3.05, 3.63) is 35.9 Å². The van der Waals surface area contributed by atoms with Gasteiger partial charge in [-0.25, -0.2) is 4.79 Å². The smallest absolute Gasteiger partial charge is 0.376 e. The Morgan fingerprint density at radius 3 is 2.59 bits per heavy atom. The number of hydrogen-bond donors (Lipinski definition) is 0. The van der Waals surface area contributed by atoms with Crippen molar-refractivity contribution in [2.75, 3.05) is 7.11 Å². The summed E-state index contributed by atoms with van der Waals surface area (Å²) in [5.74, 6) is -0.0422. The molecule has 0 spiro atoms. The summed E-state index contributed by atoms with van der Waals surface area (Å²) < 4.78 is 5.08. The molecular formula is C13H15O4. The first-order valence-corrected chi connectivity index (χ1v) is 5.68. The highest BCUT2D eigenvalue weighted by Gasteiger charge is 2.21. The van der Waals surface area contributed by atoms with Crippen molar-refractivity contribution in [1.82, 2.24) is 0 Å². The van der Waals surface area contributed by atoms with E-state index in [0.717, 1.165) is 31.8 Å². The first kappa shape index (κ1) is 11.9. The van der Waals surface area contributed by atoms with E-state index in [4.69, 9.17) is 14.5 Å². The Labute approximate surface area is 100 Å². The maximum absolute atomic E-state index is 11.7. The summed E-state index contributed by atoms with van der Waals surface area (Å²) in [6.07, 6.45) is 4.79. The van der Waals surface area contributed by atoms with Gasteiger partial charge < -0.3 is 4.74 Å². The molecule has 0 atom stereocenters. The number of methoxy groups -OCH3 is 1. The minimum atomic E-state index is -0.526. The van der Waals surface area contributed by atoms with Gasteiger partial charge in [-0.05, 0) is 25.0 Å². The normalized spacial score (nSPS) is 15.8. The molecule has 2 rings (SSSR count). The third-order valence-electron chi connectivity index (χ3n) is 2.72. The van der Waals surface area contributed by atoms with Gasteiger partial charge in [0.05, 0.1) is 7.11 Å². The van der Waals surface area contributed by atoms with E-state index >= 15 is 0 Å². The molecule has 1 aliphatic rings. The number of carbonyl (C=O) groups excluding carboxylic acids is 1. The van der Waals surface area contributed by atoms with E-state index in [0.29, 0.717) is 11.3 Å². The Hall–Kier alpha value is -1.55. The monoisotopic (exact) mass is 235 g/mol. The number of rotatable bonds is 4. The van der Waals surface area contributed by atoms with Gasteiger partial charge in [-0.3, -0.25) is 4.89 Å². The molecular weight excluding hydrogens is 220 g/mol. The maximum atomic E-state index is 11.7. The van der Waals surface area contributed by atoms with Crippen molar-refractivity contribution in [2.24, 2.45) is 0 Å². The predicted molar refractivity (Wildman–Crippen MR) is 61.2 cm³/mol. The zero-order valence-corrected chi connectivity index (χ0v) is 9.77. The minimum Gasteiger partial charge on any atom is -0.496 e. The summed E-state index contributed by atoms with van der Waals surface area (Å²) >= 11 is 0. The van der Waals surface area contributed by atoms with Crippen LogP contribution in [-0.4, -0.2) is 13.1 Å². The molecule has 1 aromatic rings. The van der Waals surface area contributed by atoms with E-state index in [2.05, 4.69) is 0 Å². The van der Waals surface area contributed by atoms with Crippen LogP contribution in [-0.2, 0) is 9.78 Å². The van der Waals surface area contributed by atoms with Crippen LogP contribution in [0.5, 0.6) is 5.75 Å². The molecule has 0 heterocycles. The Kier molecular flexibility index (Phi) is 3.98. The molecule has 91 valence electrons. The second-order valence-corrected chi connectivity index (χ2v) is 3.90. The summed E-state index contributed by atoms with van der Waals surface area (Å²) in [4.78, 5) is 21.6.